The Kier molecular flexibility index (Phi) is 3.41. The Morgan fingerprint density at radius 1 is 1.56 bits per heavy atom. The summed E-state index contributed by atoms with van der Waals surface area (Å²) in [7, 11) is 1.45. The average molecular weight is 225 g/mol. The van der Waals surface area contributed by atoms with E-state index in [4.69, 9.17) is 4.74 Å². The van der Waals surface area contributed by atoms with Crippen molar-refractivity contribution in [3.63, 3.8) is 0 Å². The zero-order valence-corrected chi connectivity index (χ0v) is 9.32. The molecule has 0 radical (unpaired) electrons. The average Bonchev–Trinajstić information content (AvgIpc) is 2.64. The zero-order chi connectivity index (χ0) is 11.5. The number of hydrogen-bond acceptors (Lipinski definition) is 3. The molecule has 0 aliphatic carbocycles. The number of aliphatic hydroxyl groups excluding tert-OH is 1. The minimum absolute atomic E-state index is 0.233. The van der Waals surface area contributed by atoms with Crippen molar-refractivity contribution in [2.75, 3.05) is 20.2 Å². The van der Waals surface area contributed by atoms with Crippen molar-refractivity contribution in [3.05, 3.63) is 29.6 Å². The summed E-state index contributed by atoms with van der Waals surface area (Å²) in [6, 6.07) is 4.98. The normalized spacial score (nSPS) is 21.3. The molecule has 0 amide bonds. The maximum absolute atomic E-state index is 13.4. The van der Waals surface area contributed by atoms with Crippen LogP contribution in [0.2, 0.25) is 0 Å². The Bertz CT molecular complexity index is 370. The van der Waals surface area contributed by atoms with Crippen molar-refractivity contribution < 1.29 is 14.2 Å². The summed E-state index contributed by atoms with van der Waals surface area (Å²) in [5, 5.41) is 9.38. The number of likely N-dealkylation sites (tertiary alicyclic amines) is 1. The van der Waals surface area contributed by atoms with Gasteiger partial charge in [0.2, 0.25) is 0 Å². The fourth-order valence-corrected chi connectivity index (χ4v) is 2.02. The second-order valence-electron chi connectivity index (χ2n) is 4.15. The number of aliphatic hydroxyl groups is 1. The van der Waals surface area contributed by atoms with Gasteiger partial charge in [0.05, 0.1) is 13.2 Å². The predicted octanol–water partition coefficient (Wildman–Crippen LogP) is 1.40. The number of methoxy groups -OCH3 is 1. The molecule has 1 fully saturated rings. The maximum atomic E-state index is 13.4. The van der Waals surface area contributed by atoms with Crippen LogP contribution in [-0.4, -0.2) is 36.3 Å². The molecule has 0 aromatic heterocycles. The van der Waals surface area contributed by atoms with E-state index in [1.54, 1.807) is 6.07 Å². The van der Waals surface area contributed by atoms with E-state index < -0.39 is 0 Å². The molecule has 1 aromatic rings. The van der Waals surface area contributed by atoms with Gasteiger partial charge < -0.3 is 9.84 Å². The molecule has 1 aliphatic heterocycles. The van der Waals surface area contributed by atoms with E-state index in [1.165, 1.54) is 13.2 Å². The molecule has 4 heteroatoms. The zero-order valence-electron chi connectivity index (χ0n) is 9.32. The van der Waals surface area contributed by atoms with Crippen LogP contribution in [0.15, 0.2) is 18.2 Å². The number of halogens is 1. The quantitative estimate of drug-likeness (QED) is 0.844. The molecule has 88 valence electrons. The van der Waals surface area contributed by atoms with Crippen LogP contribution in [0.5, 0.6) is 5.75 Å². The van der Waals surface area contributed by atoms with Gasteiger partial charge in [-0.05, 0) is 24.1 Å². The molecule has 1 heterocycles. The smallest absolute Gasteiger partial charge is 0.165 e. The number of hydrogen-bond donors (Lipinski definition) is 1. The minimum Gasteiger partial charge on any atom is -0.494 e. The molecule has 0 saturated carbocycles. The van der Waals surface area contributed by atoms with Crippen molar-refractivity contribution in [1.29, 1.82) is 0 Å². The Morgan fingerprint density at radius 3 is 2.94 bits per heavy atom. The molecule has 1 N–H and O–H groups in total. The second-order valence-corrected chi connectivity index (χ2v) is 4.15. The van der Waals surface area contributed by atoms with E-state index in [0.717, 1.165) is 18.5 Å². The van der Waals surface area contributed by atoms with Crippen LogP contribution >= 0.6 is 0 Å². The number of benzene rings is 1. The van der Waals surface area contributed by atoms with Crippen molar-refractivity contribution in [2.24, 2.45) is 0 Å². The summed E-state index contributed by atoms with van der Waals surface area (Å²) in [4.78, 5) is 2.12. The summed E-state index contributed by atoms with van der Waals surface area (Å²) in [5.74, 6) is -0.0649. The molecular formula is C12H16FNO2. The number of β-amino-alcohol motifs (C(OH)–C–C–N with tert-alkyl or cyclic N) is 1. The van der Waals surface area contributed by atoms with E-state index in [0.29, 0.717) is 13.1 Å². The lowest BCUT2D eigenvalue weighted by molar-refractivity contribution is 0.174. The molecule has 1 atom stereocenters. The van der Waals surface area contributed by atoms with Crippen LogP contribution in [0.3, 0.4) is 0 Å². The van der Waals surface area contributed by atoms with Gasteiger partial charge in [-0.1, -0.05) is 6.07 Å². The SMILES string of the molecule is COc1ccc(CN2CC[C@H](O)C2)cc1F. The fraction of sp³-hybridized carbons (Fsp3) is 0.500. The summed E-state index contributed by atoms with van der Waals surface area (Å²) in [6.07, 6.45) is 0.571. The van der Waals surface area contributed by atoms with Crippen molar-refractivity contribution in [2.45, 2.75) is 19.1 Å². The summed E-state index contributed by atoms with van der Waals surface area (Å²) in [5.41, 5.74) is 0.910. The highest BCUT2D eigenvalue weighted by atomic mass is 19.1. The third-order valence-corrected chi connectivity index (χ3v) is 2.87. The highest BCUT2D eigenvalue weighted by molar-refractivity contribution is 5.29. The van der Waals surface area contributed by atoms with Crippen LogP contribution in [0, 0.1) is 5.82 Å². The second kappa shape index (κ2) is 4.80. The monoisotopic (exact) mass is 225 g/mol. The predicted molar refractivity (Wildman–Crippen MR) is 58.9 cm³/mol. The standard InChI is InChI=1S/C12H16FNO2/c1-16-12-3-2-9(6-11(12)13)7-14-5-4-10(15)8-14/h2-3,6,10,15H,4-5,7-8H2,1H3/t10-/m0/s1. The Hall–Kier alpha value is -1.13. The molecule has 16 heavy (non-hydrogen) atoms. The largest absolute Gasteiger partial charge is 0.494 e. The molecule has 0 unspecified atom stereocenters. The Morgan fingerprint density at radius 2 is 2.38 bits per heavy atom. The first-order valence-corrected chi connectivity index (χ1v) is 5.42. The highest BCUT2D eigenvalue weighted by Crippen LogP contribution is 2.20. The van der Waals surface area contributed by atoms with Crippen LogP contribution in [0.4, 0.5) is 4.39 Å². The third-order valence-electron chi connectivity index (χ3n) is 2.87. The molecule has 2 rings (SSSR count). The fourth-order valence-electron chi connectivity index (χ4n) is 2.02. The van der Waals surface area contributed by atoms with Gasteiger partial charge in [0.1, 0.15) is 0 Å². The lowest BCUT2D eigenvalue weighted by Crippen LogP contribution is -2.21. The molecule has 1 aliphatic rings. The van der Waals surface area contributed by atoms with E-state index in [2.05, 4.69) is 4.90 Å². The first kappa shape index (κ1) is 11.4. The molecule has 1 saturated heterocycles. The topological polar surface area (TPSA) is 32.7 Å². The Labute approximate surface area is 94.4 Å². The number of rotatable bonds is 3. The lowest BCUT2D eigenvalue weighted by Gasteiger charge is -2.15. The number of nitrogens with zero attached hydrogens (tertiary/aromatic N) is 1. The summed E-state index contributed by atoms with van der Waals surface area (Å²) < 4.78 is 18.3. The van der Waals surface area contributed by atoms with Gasteiger partial charge in [0.25, 0.3) is 0 Å². The van der Waals surface area contributed by atoms with E-state index in [9.17, 15) is 9.50 Å². The van der Waals surface area contributed by atoms with Gasteiger partial charge in [-0.2, -0.15) is 0 Å². The van der Waals surface area contributed by atoms with Crippen LogP contribution in [-0.2, 0) is 6.54 Å². The molecule has 0 spiro atoms. The molecular weight excluding hydrogens is 209 g/mol. The summed E-state index contributed by atoms with van der Waals surface area (Å²) in [6.45, 7) is 2.22. The molecule has 1 aromatic carbocycles. The van der Waals surface area contributed by atoms with E-state index in [-0.39, 0.29) is 17.7 Å². The van der Waals surface area contributed by atoms with Crippen molar-refractivity contribution >= 4 is 0 Å². The van der Waals surface area contributed by atoms with Gasteiger partial charge in [0.15, 0.2) is 11.6 Å². The third kappa shape index (κ3) is 2.51. The first-order valence-electron chi connectivity index (χ1n) is 5.42. The van der Waals surface area contributed by atoms with E-state index >= 15 is 0 Å². The number of ether oxygens (including phenoxy) is 1. The van der Waals surface area contributed by atoms with E-state index in [1.807, 2.05) is 6.07 Å². The van der Waals surface area contributed by atoms with Crippen molar-refractivity contribution in [3.8, 4) is 5.75 Å². The summed E-state index contributed by atoms with van der Waals surface area (Å²) >= 11 is 0. The van der Waals surface area contributed by atoms with Crippen LogP contribution in [0.25, 0.3) is 0 Å². The van der Waals surface area contributed by atoms with Crippen LogP contribution in [0.1, 0.15) is 12.0 Å². The molecule has 3 nitrogen and oxygen atoms in total. The van der Waals surface area contributed by atoms with Gasteiger partial charge in [-0.3, -0.25) is 4.90 Å². The van der Waals surface area contributed by atoms with Gasteiger partial charge in [0, 0.05) is 19.6 Å². The first-order chi connectivity index (χ1) is 7.69. The maximum Gasteiger partial charge on any atom is 0.165 e. The lowest BCUT2D eigenvalue weighted by atomic mass is 10.2. The molecule has 0 bridgehead atoms. The van der Waals surface area contributed by atoms with Gasteiger partial charge >= 0.3 is 0 Å². The van der Waals surface area contributed by atoms with Gasteiger partial charge in [-0.15, -0.1) is 0 Å². The van der Waals surface area contributed by atoms with Crippen LogP contribution < -0.4 is 4.74 Å². The van der Waals surface area contributed by atoms with Crippen molar-refractivity contribution in [1.82, 2.24) is 4.90 Å². The highest BCUT2D eigenvalue weighted by Gasteiger charge is 2.20. The Balaban J connectivity index is 2.02. The van der Waals surface area contributed by atoms with Gasteiger partial charge in [-0.25, -0.2) is 4.39 Å². The minimum atomic E-state index is -0.334.